The SMILES string of the molecule is CCCCNC(=O)c1cc(C)nc(NCc2ccccc2C)n1. The minimum atomic E-state index is -0.150. The summed E-state index contributed by atoms with van der Waals surface area (Å²) in [5.74, 6) is 0.330. The molecule has 2 aromatic rings. The Kier molecular flexibility index (Phi) is 6.09. The van der Waals surface area contributed by atoms with Crippen LogP contribution < -0.4 is 10.6 Å². The van der Waals surface area contributed by atoms with Crippen molar-refractivity contribution in [2.75, 3.05) is 11.9 Å². The van der Waals surface area contributed by atoms with E-state index in [0.717, 1.165) is 18.5 Å². The Labute approximate surface area is 137 Å². The summed E-state index contributed by atoms with van der Waals surface area (Å²) < 4.78 is 0. The fourth-order valence-corrected chi connectivity index (χ4v) is 2.22. The van der Waals surface area contributed by atoms with E-state index >= 15 is 0 Å². The molecular formula is C18H24N4O. The third kappa shape index (κ3) is 5.06. The number of amides is 1. The zero-order valence-electron chi connectivity index (χ0n) is 14.0. The van der Waals surface area contributed by atoms with Gasteiger partial charge in [0.25, 0.3) is 5.91 Å². The Balaban J connectivity index is 2.05. The summed E-state index contributed by atoms with van der Waals surface area (Å²) >= 11 is 0. The quantitative estimate of drug-likeness (QED) is 0.770. The van der Waals surface area contributed by atoms with Crippen molar-refractivity contribution < 1.29 is 4.79 Å². The molecule has 0 radical (unpaired) electrons. The maximum absolute atomic E-state index is 12.1. The van der Waals surface area contributed by atoms with E-state index in [9.17, 15) is 4.79 Å². The van der Waals surface area contributed by atoms with E-state index in [4.69, 9.17) is 0 Å². The number of hydrogen-bond acceptors (Lipinski definition) is 4. The number of carbonyl (C=O) groups excluding carboxylic acids is 1. The number of aromatic nitrogens is 2. The summed E-state index contributed by atoms with van der Waals surface area (Å²) in [5.41, 5.74) is 3.57. The van der Waals surface area contributed by atoms with E-state index in [1.807, 2.05) is 19.1 Å². The molecule has 0 atom stereocenters. The molecule has 5 nitrogen and oxygen atoms in total. The van der Waals surface area contributed by atoms with Crippen molar-refractivity contribution in [3.05, 3.63) is 52.8 Å². The molecule has 5 heteroatoms. The van der Waals surface area contributed by atoms with Gasteiger partial charge in [-0.2, -0.15) is 0 Å². The number of anilines is 1. The molecule has 0 spiro atoms. The second-order valence-electron chi connectivity index (χ2n) is 5.61. The summed E-state index contributed by atoms with van der Waals surface area (Å²) in [5, 5.41) is 6.08. The van der Waals surface area contributed by atoms with E-state index in [-0.39, 0.29) is 5.91 Å². The Morgan fingerprint density at radius 1 is 1.17 bits per heavy atom. The van der Waals surface area contributed by atoms with Crippen molar-refractivity contribution >= 4 is 11.9 Å². The molecular weight excluding hydrogens is 288 g/mol. The molecule has 2 rings (SSSR count). The van der Waals surface area contributed by atoms with Gasteiger partial charge in [-0.05, 0) is 37.5 Å². The number of rotatable bonds is 7. The maximum Gasteiger partial charge on any atom is 0.270 e. The Morgan fingerprint density at radius 3 is 2.70 bits per heavy atom. The van der Waals surface area contributed by atoms with E-state index in [0.29, 0.717) is 24.7 Å². The fourth-order valence-electron chi connectivity index (χ4n) is 2.22. The summed E-state index contributed by atoms with van der Waals surface area (Å²) in [6.45, 7) is 7.33. The monoisotopic (exact) mass is 312 g/mol. The molecule has 0 fully saturated rings. The van der Waals surface area contributed by atoms with Crippen molar-refractivity contribution in [1.29, 1.82) is 0 Å². The van der Waals surface area contributed by atoms with Gasteiger partial charge in [-0.25, -0.2) is 9.97 Å². The highest BCUT2D eigenvalue weighted by molar-refractivity contribution is 5.92. The topological polar surface area (TPSA) is 66.9 Å². The van der Waals surface area contributed by atoms with E-state index in [1.54, 1.807) is 6.07 Å². The molecule has 0 saturated carbocycles. The van der Waals surface area contributed by atoms with Crippen LogP contribution in [0.25, 0.3) is 0 Å². The van der Waals surface area contributed by atoms with Gasteiger partial charge in [-0.1, -0.05) is 37.6 Å². The predicted octanol–water partition coefficient (Wildman–Crippen LogP) is 3.24. The first-order valence-corrected chi connectivity index (χ1v) is 8.02. The van der Waals surface area contributed by atoms with Crippen LogP contribution in [0.15, 0.2) is 30.3 Å². The van der Waals surface area contributed by atoms with Crippen LogP contribution in [0.5, 0.6) is 0 Å². The maximum atomic E-state index is 12.1. The second kappa shape index (κ2) is 8.27. The Bertz CT molecular complexity index is 670. The number of aryl methyl sites for hydroxylation is 2. The van der Waals surface area contributed by atoms with Crippen LogP contribution in [0.1, 0.15) is 47.1 Å². The van der Waals surface area contributed by atoms with Crippen molar-refractivity contribution in [2.24, 2.45) is 0 Å². The van der Waals surface area contributed by atoms with E-state index in [1.165, 1.54) is 11.1 Å². The summed E-state index contributed by atoms with van der Waals surface area (Å²) in [7, 11) is 0. The van der Waals surface area contributed by atoms with Gasteiger partial charge in [-0.3, -0.25) is 4.79 Å². The number of benzene rings is 1. The van der Waals surface area contributed by atoms with Crippen molar-refractivity contribution in [1.82, 2.24) is 15.3 Å². The largest absolute Gasteiger partial charge is 0.351 e. The van der Waals surface area contributed by atoms with Crippen molar-refractivity contribution in [3.63, 3.8) is 0 Å². The molecule has 23 heavy (non-hydrogen) atoms. The average Bonchev–Trinajstić information content (AvgIpc) is 2.54. The number of carbonyl (C=O) groups is 1. The predicted molar refractivity (Wildman–Crippen MR) is 92.5 cm³/mol. The number of nitrogens with zero attached hydrogens (tertiary/aromatic N) is 2. The third-order valence-corrected chi connectivity index (χ3v) is 3.60. The van der Waals surface area contributed by atoms with Crippen LogP contribution in [0.2, 0.25) is 0 Å². The zero-order valence-corrected chi connectivity index (χ0v) is 14.0. The molecule has 0 bridgehead atoms. The highest BCUT2D eigenvalue weighted by Crippen LogP contribution is 2.10. The van der Waals surface area contributed by atoms with Gasteiger partial charge >= 0.3 is 0 Å². The fraction of sp³-hybridized carbons (Fsp3) is 0.389. The van der Waals surface area contributed by atoms with Crippen LogP contribution in [0.4, 0.5) is 5.95 Å². The second-order valence-corrected chi connectivity index (χ2v) is 5.61. The van der Waals surface area contributed by atoms with Crippen molar-refractivity contribution in [3.8, 4) is 0 Å². The van der Waals surface area contributed by atoms with Crippen LogP contribution in [-0.4, -0.2) is 22.4 Å². The first-order valence-electron chi connectivity index (χ1n) is 8.02. The lowest BCUT2D eigenvalue weighted by Crippen LogP contribution is -2.26. The number of hydrogen-bond donors (Lipinski definition) is 2. The Morgan fingerprint density at radius 2 is 1.96 bits per heavy atom. The third-order valence-electron chi connectivity index (χ3n) is 3.60. The molecule has 2 N–H and O–H groups in total. The van der Waals surface area contributed by atoms with Gasteiger partial charge in [0.2, 0.25) is 5.95 Å². The van der Waals surface area contributed by atoms with Gasteiger partial charge in [0.1, 0.15) is 5.69 Å². The molecule has 0 saturated heterocycles. The molecule has 0 aliphatic heterocycles. The smallest absolute Gasteiger partial charge is 0.270 e. The number of unbranched alkanes of at least 4 members (excludes halogenated alkanes) is 1. The van der Waals surface area contributed by atoms with Crippen LogP contribution >= 0.6 is 0 Å². The van der Waals surface area contributed by atoms with Crippen LogP contribution in [0.3, 0.4) is 0 Å². The summed E-state index contributed by atoms with van der Waals surface area (Å²) in [6, 6.07) is 9.87. The highest BCUT2D eigenvalue weighted by atomic mass is 16.1. The van der Waals surface area contributed by atoms with Gasteiger partial charge in [-0.15, -0.1) is 0 Å². The first kappa shape index (κ1) is 16.9. The van der Waals surface area contributed by atoms with Crippen molar-refractivity contribution in [2.45, 2.75) is 40.2 Å². The zero-order chi connectivity index (χ0) is 16.7. The molecule has 0 aliphatic carbocycles. The molecule has 1 aromatic heterocycles. The molecule has 0 unspecified atom stereocenters. The number of nitrogens with one attached hydrogen (secondary N) is 2. The lowest BCUT2D eigenvalue weighted by molar-refractivity contribution is 0.0948. The van der Waals surface area contributed by atoms with Crippen LogP contribution in [0, 0.1) is 13.8 Å². The lowest BCUT2D eigenvalue weighted by atomic mass is 10.1. The Hall–Kier alpha value is -2.43. The first-order chi connectivity index (χ1) is 11.1. The minimum absolute atomic E-state index is 0.150. The van der Waals surface area contributed by atoms with Gasteiger partial charge in [0, 0.05) is 18.8 Å². The highest BCUT2D eigenvalue weighted by Gasteiger charge is 2.10. The lowest BCUT2D eigenvalue weighted by Gasteiger charge is -2.10. The standard InChI is InChI=1S/C18H24N4O/c1-4-5-10-19-17(23)16-11-14(3)21-18(22-16)20-12-15-9-7-6-8-13(15)2/h6-9,11H,4-5,10,12H2,1-3H3,(H,19,23)(H,20,21,22). The van der Waals surface area contributed by atoms with Gasteiger partial charge in [0.15, 0.2) is 0 Å². The van der Waals surface area contributed by atoms with E-state index in [2.05, 4.69) is 46.6 Å². The normalized spacial score (nSPS) is 10.4. The van der Waals surface area contributed by atoms with Crippen LogP contribution in [-0.2, 0) is 6.54 Å². The summed E-state index contributed by atoms with van der Waals surface area (Å²) in [6.07, 6.45) is 2.01. The molecule has 1 amide bonds. The van der Waals surface area contributed by atoms with Gasteiger partial charge < -0.3 is 10.6 Å². The van der Waals surface area contributed by atoms with E-state index < -0.39 is 0 Å². The summed E-state index contributed by atoms with van der Waals surface area (Å²) in [4.78, 5) is 20.8. The molecule has 122 valence electrons. The van der Waals surface area contributed by atoms with Gasteiger partial charge in [0.05, 0.1) is 0 Å². The minimum Gasteiger partial charge on any atom is -0.351 e. The average molecular weight is 312 g/mol. The molecule has 1 aromatic carbocycles. The molecule has 1 heterocycles. The molecule has 0 aliphatic rings.